The predicted octanol–water partition coefficient (Wildman–Crippen LogP) is 1.26. The van der Waals surface area contributed by atoms with Gasteiger partial charge in [-0.15, -0.1) is 5.10 Å². The Bertz CT molecular complexity index is 656. The number of rotatable bonds is 2. The quantitative estimate of drug-likeness (QED) is 0.791. The van der Waals surface area contributed by atoms with E-state index in [9.17, 15) is 9.59 Å². The molecule has 0 bridgehead atoms. The summed E-state index contributed by atoms with van der Waals surface area (Å²) in [4.78, 5) is 23.3. The molecule has 1 aromatic carbocycles. The average Bonchev–Trinajstić information content (AvgIpc) is 2.80. The van der Waals surface area contributed by atoms with Gasteiger partial charge in [-0.3, -0.25) is 9.59 Å². The topological polar surface area (TPSA) is 64.8 Å². The minimum atomic E-state index is -0.274. The van der Waals surface area contributed by atoms with Crippen LogP contribution in [0.3, 0.4) is 0 Å². The summed E-state index contributed by atoms with van der Waals surface area (Å²) < 4.78 is 1.47. The van der Waals surface area contributed by atoms with Crippen LogP contribution in [-0.2, 0) is 6.54 Å². The largest absolute Gasteiger partial charge is 0.287 e. The van der Waals surface area contributed by atoms with Gasteiger partial charge in [0.15, 0.2) is 5.69 Å². The minimum Gasteiger partial charge on any atom is -0.287 e. The number of carbonyl (C=O) groups is 2. The van der Waals surface area contributed by atoms with E-state index in [-0.39, 0.29) is 23.0 Å². The number of nitrogens with zero attached hydrogens (tertiary/aromatic N) is 3. The zero-order valence-electron chi connectivity index (χ0n) is 9.41. The lowest BCUT2D eigenvalue weighted by Gasteiger charge is -2.06. The summed E-state index contributed by atoms with van der Waals surface area (Å²) in [5.41, 5.74) is 1.41. The Kier molecular flexibility index (Phi) is 2.37. The molecule has 1 aliphatic carbocycles. The molecule has 0 radical (unpaired) electrons. The number of hydrogen-bond donors (Lipinski definition) is 0. The molecule has 1 aliphatic rings. The van der Waals surface area contributed by atoms with E-state index in [2.05, 4.69) is 10.3 Å². The zero-order valence-corrected chi connectivity index (χ0v) is 9.41. The second-order valence-corrected chi connectivity index (χ2v) is 3.99. The Labute approximate surface area is 103 Å². The van der Waals surface area contributed by atoms with E-state index in [0.29, 0.717) is 6.54 Å². The highest BCUT2D eigenvalue weighted by Gasteiger charge is 2.26. The molecule has 0 fully saturated rings. The van der Waals surface area contributed by atoms with E-state index in [1.807, 2.05) is 30.3 Å². The van der Waals surface area contributed by atoms with Crippen LogP contribution in [-0.4, -0.2) is 26.6 Å². The fraction of sp³-hybridized carbons (Fsp3) is 0.0769. The molecule has 5 heteroatoms. The van der Waals surface area contributed by atoms with Gasteiger partial charge in [-0.2, -0.15) is 0 Å². The van der Waals surface area contributed by atoms with Gasteiger partial charge in [-0.05, 0) is 17.7 Å². The van der Waals surface area contributed by atoms with Crippen LogP contribution in [0.1, 0.15) is 26.5 Å². The summed E-state index contributed by atoms with van der Waals surface area (Å²) in [6.45, 7) is 0.427. The fourth-order valence-electron chi connectivity index (χ4n) is 1.90. The van der Waals surface area contributed by atoms with Crippen molar-refractivity contribution in [1.29, 1.82) is 0 Å². The van der Waals surface area contributed by atoms with Crippen LogP contribution < -0.4 is 0 Å². The molecule has 0 spiro atoms. The van der Waals surface area contributed by atoms with Crippen molar-refractivity contribution in [2.24, 2.45) is 0 Å². The number of benzene rings is 1. The van der Waals surface area contributed by atoms with Crippen LogP contribution in [0.15, 0.2) is 42.5 Å². The Balaban J connectivity index is 2.01. The number of fused-ring (bicyclic) bond motifs is 1. The molecule has 1 heterocycles. The monoisotopic (exact) mass is 239 g/mol. The van der Waals surface area contributed by atoms with Crippen LogP contribution in [0.4, 0.5) is 0 Å². The highest BCUT2D eigenvalue weighted by atomic mass is 16.1. The molecular weight excluding hydrogens is 230 g/mol. The Morgan fingerprint density at radius 2 is 1.72 bits per heavy atom. The lowest BCUT2D eigenvalue weighted by atomic mass is 10.1. The van der Waals surface area contributed by atoms with Gasteiger partial charge < -0.3 is 0 Å². The van der Waals surface area contributed by atoms with Gasteiger partial charge in [-0.1, -0.05) is 35.5 Å². The molecule has 18 heavy (non-hydrogen) atoms. The van der Waals surface area contributed by atoms with Gasteiger partial charge in [0.2, 0.25) is 11.6 Å². The normalized spacial score (nSPS) is 13.8. The number of hydrogen-bond acceptors (Lipinski definition) is 4. The molecule has 0 amide bonds. The third kappa shape index (κ3) is 1.66. The van der Waals surface area contributed by atoms with Crippen molar-refractivity contribution >= 4 is 11.6 Å². The van der Waals surface area contributed by atoms with E-state index in [1.54, 1.807) is 0 Å². The summed E-state index contributed by atoms with van der Waals surface area (Å²) in [5, 5.41) is 7.65. The Morgan fingerprint density at radius 3 is 2.50 bits per heavy atom. The number of ketones is 2. The minimum absolute atomic E-state index is 0.137. The van der Waals surface area contributed by atoms with E-state index < -0.39 is 0 Å². The standard InChI is InChI=1S/C13H9N3O2/c17-10-6-7-11(18)13-12(10)14-15-16(13)8-9-4-2-1-3-5-9/h1-7H,8H2. The summed E-state index contributed by atoms with van der Waals surface area (Å²) >= 11 is 0. The molecule has 0 aliphatic heterocycles. The van der Waals surface area contributed by atoms with Crippen LogP contribution in [0.5, 0.6) is 0 Å². The molecule has 0 N–H and O–H groups in total. The molecule has 1 aromatic heterocycles. The summed E-state index contributed by atoms with van der Waals surface area (Å²) in [6, 6.07) is 9.59. The molecule has 88 valence electrons. The van der Waals surface area contributed by atoms with E-state index in [0.717, 1.165) is 5.56 Å². The van der Waals surface area contributed by atoms with Gasteiger partial charge >= 0.3 is 0 Å². The van der Waals surface area contributed by atoms with Crippen LogP contribution in [0, 0.1) is 0 Å². The number of aromatic nitrogens is 3. The highest BCUT2D eigenvalue weighted by Crippen LogP contribution is 2.15. The number of allylic oxidation sites excluding steroid dienone is 2. The lowest BCUT2D eigenvalue weighted by Crippen LogP contribution is -2.16. The summed E-state index contributed by atoms with van der Waals surface area (Å²) in [7, 11) is 0. The first-order chi connectivity index (χ1) is 8.75. The Hall–Kier alpha value is -2.56. The van der Waals surface area contributed by atoms with Gasteiger partial charge in [0.1, 0.15) is 5.69 Å². The summed E-state index contributed by atoms with van der Waals surface area (Å²) in [6.07, 6.45) is 2.49. The first-order valence-corrected chi connectivity index (χ1v) is 5.50. The highest BCUT2D eigenvalue weighted by molar-refractivity contribution is 6.20. The molecule has 3 rings (SSSR count). The van der Waals surface area contributed by atoms with Gasteiger partial charge in [0.25, 0.3) is 0 Å². The third-order valence-corrected chi connectivity index (χ3v) is 2.76. The van der Waals surface area contributed by atoms with Crippen LogP contribution in [0.25, 0.3) is 0 Å². The summed E-state index contributed by atoms with van der Waals surface area (Å²) in [5.74, 6) is -0.505. The van der Waals surface area contributed by atoms with Crippen molar-refractivity contribution < 1.29 is 9.59 Å². The van der Waals surface area contributed by atoms with Crippen molar-refractivity contribution in [1.82, 2.24) is 15.0 Å². The lowest BCUT2D eigenvalue weighted by molar-refractivity contribution is 0.0986. The van der Waals surface area contributed by atoms with Gasteiger partial charge in [0.05, 0.1) is 6.54 Å². The van der Waals surface area contributed by atoms with Crippen molar-refractivity contribution in [3.05, 3.63) is 59.4 Å². The first-order valence-electron chi connectivity index (χ1n) is 5.50. The van der Waals surface area contributed by atoms with E-state index >= 15 is 0 Å². The maximum Gasteiger partial charge on any atom is 0.208 e. The molecular formula is C13H9N3O2. The number of carbonyl (C=O) groups excluding carboxylic acids is 2. The second kappa shape index (κ2) is 4.03. The molecule has 0 saturated heterocycles. The fourth-order valence-corrected chi connectivity index (χ4v) is 1.90. The Morgan fingerprint density at radius 1 is 1.00 bits per heavy atom. The van der Waals surface area contributed by atoms with Crippen LogP contribution in [0.2, 0.25) is 0 Å². The van der Waals surface area contributed by atoms with E-state index in [1.165, 1.54) is 16.8 Å². The van der Waals surface area contributed by atoms with Crippen molar-refractivity contribution in [2.45, 2.75) is 6.54 Å². The third-order valence-electron chi connectivity index (χ3n) is 2.76. The predicted molar refractivity (Wildman–Crippen MR) is 63.4 cm³/mol. The van der Waals surface area contributed by atoms with Gasteiger partial charge in [-0.25, -0.2) is 4.68 Å². The van der Waals surface area contributed by atoms with Crippen molar-refractivity contribution in [2.75, 3.05) is 0 Å². The molecule has 0 unspecified atom stereocenters. The molecule has 0 saturated carbocycles. The maximum absolute atomic E-state index is 11.8. The van der Waals surface area contributed by atoms with Crippen molar-refractivity contribution in [3.8, 4) is 0 Å². The molecule has 0 atom stereocenters. The van der Waals surface area contributed by atoms with Crippen LogP contribution >= 0.6 is 0 Å². The van der Waals surface area contributed by atoms with Gasteiger partial charge in [0, 0.05) is 0 Å². The average molecular weight is 239 g/mol. The second-order valence-electron chi connectivity index (χ2n) is 3.99. The maximum atomic E-state index is 11.8. The SMILES string of the molecule is O=C1C=CC(=O)c2c1nnn2Cc1ccccc1. The molecule has 5 nitrogen and oxygen atoms in total. The van der Waals surface area contributed by atoms with E-state index in [4.69, 9.17) is 0 Å². The first kappa shape index (κ1) is 10.6. The molecule has 2 aromatic rings. The zero-order chi connectivity index (χ0) is 12.5. The van der Waals surface area contributed by atoms with Crippen molar-refractivity contribution in [3.63, 3.8) is 0 Å². The smallest absolute Gasteiger partial charge is 0.208 e.